The molecule has 1 atom stereocenters. The predicted octanol–water partition coefficient (Wildman–Crippen LogP) is 1.64. The lowest BCUT2D eigenvalue weighted by Crippen LogP contribution is -2.41. The Morgan fingerprint density at radius 1 is 1.27 bits per heavy atom. The van der Waals surface area contributed by atoms with Gasteiger partial charge < -0.3 is 10.6 Å². The monoisotopic (exact) mass is 214 g/mol. The minimum absolute atomic E-state index is 0.0670. The van der Waals surface area contributed by atoms with Gasteiger partial charge in [0.2, 0.25) is 5.91 Å². The van der Waals surface area contributed by atoms with Gasteiger partial charge in [-0.3, -0.25) is 4.79 Å². The van der Waals surface area contributed by atoms with Crippen LogP contribution in [0.2, 0.25) is 0 Å². The number of carbonyl (C=O) groups is 1. The van der Waals surface area contributed by atoms with Crippen molar-refractivity contribution >= 4 is 5.91 Å². The highest BCUT2D eigenvalue weighted by Gasteiger charge is 2.22. The van der Waals surface area contributed by atoms with E-state index in [1.165, 1.54) is 0 Å². The van der Waals surface area contributed by atoms with Gasteiger partial charge in [-0.15, -0.1) is 0 Å². The molecular weight excluding hydrogens is 188 g/mol. The van der Waals surface area contributed by atoms with Crippen LogP contribution < -0.4 is 10.6 Å². The topological polar surface area (TPSA) is 41.1 Å². The summed E-state index contributed by atoms with van der Waals surface area (Å²) < 4.78 is 0. The fourth-order valence-corrected chi connectivity index (χ4v) is 1.33. The molecule has 2 N–H and O–H groups in total. The molecule has 3 heteroatoms. The lowest BCUT2D eigenvalue weighted by Gasteiger charge is -2.24. The molecular formula is C12H26N2O. The number of nitrogens with one attached hydrogen (secondary N) is 2. The van der Waals surface area contributed by atoms with Crippen molar-refractivity contribution in [2.45, 2.75) is 34.6 Å². The van der Waals surface area contributed by atoms with Crippen LogP contribution >= 0.6 is 0 Å². The van der Waals surface area contributed by atoms with Crippen LogP contribution in [0.4, 0.5) is 0 Å². The summed E-state index contributed by atoms with van der Waals surface area (Å²) in [4.78, 5) is 11.9. The smallest absolute Gasteiger partial charge is 0.224 e. The Kier molecular flexibility index (Phi) is 5.88. The van der Waals surface area contributed by atoms with E-state index in [0.717, 1.165) is 13.1 Å². The third kappa shape index (κ3) is 6.50. The maximum atomic E-state index is 11.9. The molecule has 0 aromatic heterocycles. The van der Waals surface area contributed by atoms with Crippen molar-refractivity contribution in [3.63, 3.8) is 0 Å². The van der Waals surface area contributed by atoms with Gasteiger partial charge in [0.05, 0.1) is 5.92 Å². The molecule has 15 heavy (non-hydrogen) atoms. The minimum Gasteiger partial charge on any atom is -0.355 e. The van der Waals surface area contributed by atoms with E-state index in [-0.39, 0.29) is 17.2 Å². The average Bonchev–Trinajstić information content (AvgIpc) is 2.08. The second kappa shape index (κ2) is 6.11. The predicted molar refractivity (Wildman–Crippen MR) is 64.7 cm³/mol. The highest BCUT2D eigenvalue weighted by molar-refractivity contribution is 5.79. The fourth-order valence-electron chi connectivity index (χ4n) is 1.33. The molecule has 0 bridgehead atoms. The second-order valence-corrected chi connectivity index (χ2v) is 5.69. The van der Waals surface area contributed by atoms with Crippen LogP contribution in [0, 0.1) is 17.3 Å². The summed E-state index contributed by atoms with van der Waals surface area (Å²) >= 11 is 0. The Labute approximate surface area is 94.0 Å². The van der Waals surface area contributed by atoms with Gasteiger partial charge in [-0.1, -0.05) is 34.6 Å². The first-order chi connectivity index (χ1) is 6.78. The SMILES string of the molecule is CNCC(C(=O)NCC(C)(C)C)C(C)C. The molecule has 1 amide bonds. The normalized spacial score (nSPS) is 14.1. The van der Waals surface area contributed by atoms with Crippen molar-refractivity contribution in [1.82, 2.24) is 10.6 Å². The highest BCUT2D eigenvalue weighted by Crippen LogP contribution is 2.13. The molecule has 0 heterocycles. The molecule has 3 nitrogen and oxygen atoms in total. The van der Waals surface area contributed by atoms with Crippen molar-refractivity contribution < 1.29 is 4.79 Å². The maximum Gasteiger partial charge on any atom is 0.224 e. The van der Waals surface area contributed by atoms with E-state index in [4.69, 9.17) is 0 Å². The number of rotatable bonds is 5. The van der Waals surface area contributed by atoms with E-state index in [0.29, 0.717) is 5.92 Å². The lowest BCUT2D eigenvalue weighted by molar-refractivity contribution is -0.126. The first kappa shape index (κ1) is 14.4. The highest BCUT2D eigenvalue weighted by atomic mass is 16.1. The van der Waals surface area contributed by atoms with Crippen LogP contribution in [-0.4, -0.2) is 26.0 Å². The number of hydrogen-bond donors (Lipinski definition) is 2. The molecule has 1 unspecified atom stereocenters. The zero-order valence-corrected chi connectivity index (χ0v) is 11.0. The molecule has 0 aliphatic carbocycles. The van der Waals surface area contributed by atoms with Gasteiger partial charge in [0, 0.05) is 13.1 Å². The molecule has 0 saturated heterocycles. The van der Waals surface area contributed by atoms with Gasteiger partial charge in [0.15, 0.2) is 0 Å². The van der Waals surface area contributed by atoms with Gasteiger partial charge in [0.1, 0.15) is 0 Å². The Morgan fingerprint density at radius 2 is 1.80 bits per heavy atom. The van der Waals surface area contributed by atoms with E-state index in [1.54, 1.807) is 0 Å². The molecule has 0 rings (SSSR count). The summed E-state index contributed by atoms with van der Waals surface area (Å²) in [5, 5.41) is 6.08. The van der Waals surface area contributed by atoms with Crippen LogP contribution in [0.15, 0.2) is 0 Å². The summed E-state index contributed by atoms with van der Waals surface area (Å²) in [5.41, 5.74) is 0.150. The van der Waals surface area contributed by atoms with Crippen molar-refractivity contribution in [3.05, 3.63) is 0 Å². The van der Waals surface area contributed by atoms with Crippen molar-refractivity contribution in [2.24, 2.45) is 17.3 Å². The van der Waals surface area contributed by atoms with Crippen molar-refractivity contribution in [3.8, 4) is 0 Å². The van der Waals surface area contributed by atoms with Crippen LogP contribution in [0.5, 0.6) is 0 Å². The Morgan fingerprint density at radius 3 is 2.13 bits per heavy atom. The van der Waals surface area contributed by atoms with Crippen LogP contribution in [0.1, 0.15) is 34.6 Å². The summed E-state index contributed by atoms with van der Waals surface area (Å²) in [5.74, 6) is 0.601. The fraction of sp³-hybridized carbons (Fsp3) is 0.917. The van der Waals surface area contributed by atoms with Gasteiger partial charge >= 0.3 is 0 Å². The summed E-state index contributed by atoms with van der Waals surface area (Å²) in [6, 6.07) is 0. The summed E-state index contributed by atoms with van der Waals surface area (Å²) in [7, 11) is 1.88. The molecule has 0 fully saturated rings. The van der Waals surface area contributed by atoms with Crippen molar-refractivity contribution in [2.75, 3.05) is 20.1 Å². The minimum atomic E-state index is 0.0670. The largest absolute Gasteiger partial charge is 0.355 e. The molecule has 0 aromatic carbocycles. The van der Waals surface area contributed by atoms with Gasteiger partial charge in [-0.2, -0.15) is 0 Å². The van der Waals surface area contributed by atoms with Gasteiger partial charge in [-0.25, -0.2) is 0 Å². The molecule has 0 radical (unpaired) electrons. The van der Waals surface area contributed by atoms with Crippen LogP contribution in [0.3, 0.4) is 0 Å². The molecule has 90 valence electrons. The third-order valence-corrected chi connectivity index (χ3v) is 2.36. The molecule has 0 spiro atoms. The number of carbonyl (C=O) groups excluding carboxylic acids is 1. The lowest BCUT2D eigenvalue weighted by atomic mass is 9.93. The van der Waals surface area contributed by atoms with Crippen molar-refractivity contribution in [1.29, 1.82) is 0 Å². The van der Waals surface area contributed by atoms with E-state index in [2.05, 4.69) is 45.3 Å². The summed E-state index contributed by atoms with van der Waals surface area (Å²) in [6.45, 7) is 12.0. The Hall–Kier alpha value is -0.570. The average molecular weight is 214 g/mol. The zero-order valence-electron chi connectivity index (χ0n) is 11.0. The standard InChI is InChI=1S/C12H26N2O/c1-9(2)10(7-13-6)11(15)14-8-12(3,4)5/h9-10,13H,7-8H2,1-6H3,(H,14,15). The van der Waals surface area contributed by atoms with Crippen LogP contribution in [0.25, 0.3) is 0 Å². The quantitative estimate of drug-likeness (QED) is 0.730. The van der Waals surface area contributed by atoms with E-state index in [1.807, 2.05) is 7.05 Å². The third-order valence-electron chi connectivity index (χ3n) is 2.36. The zero-order chi connectivity index (χ0) is 12.1. The second-order valence-electron chi connectivity index (χ2n) is 5.69. The van der Waals surface area contributed by atoms with E-state index >= 15 is 0 Å². The van der Waals surface area contributed by atoms with Gasteiger partial charge in [0.25, 0.3) is 0 Å². The molecule has 0 aromatic rings. The van der Waals surface area contributed by atoms with Crippen LogP contribution in [-0.2, 0) is 4.79 Å². The van der Waals surface area contributed by atoms with E-state index < -0.39 is 0 Å². The number of hydrogen-bond acceptors (Lipinski definition) is 2. The Bertz CT molecular complexity index is 194. The number of amides is 1. The maximum absolute atomic E-state index is 11.9. The summed E-state index contributed by atoms with van der Waals surface area (Å²) in [6.07, 6.45) is 0. The van der Waals surface area contributed by atoms with E-state index in [9.17, 15) is 4.79 Å². The first-order valence-electron chi connectivity index (χ1n) is 5.70. The molecule has 0 saturated carbocycles. The Balaban J connectivity index is 4.15. The molecule has 0 aliphatic heterocycles. The van der Waals surface area contributed by atoms with Gasteiger partial charge in [-0.05, 0) is 18.4 Å². The molecule has 0 aliphatic rings. The first-order valence-corrected chi connectivity index (χ1v) is 5.70.